The van der Waals surface area contributed by atoms with Gasteiger partial charge in [0.25, 0.3) is 0 Å². The van der Waals surface area contributed by atoms with Crippen molar-refractivity contribution in [1.29, 1.82) is 0 Å². The van der Waals surface area contributed by atoms with Gasteiger partial charge in [-0.15, -0.1) is 0 Å². The van der Waals surface area contributed by atoms with Gasteiger partial charge in [0.1, 0.15) is 0 Å². The summed E-state index contributed by atoms with van der Waals surface area (Å²) in [5.74, 6) is -0.645. The van der Waals surface area contributed by atoms with E-state index in [4.69, 9.17) is 17.3 Å². The molecule has 0 bridgehead atoms. The lowest BCUT2D eigenvalue weighted by Gasteiger charge is -2.09. The number of hydrogen-bond acceptors (Lipinski definition) is 3. The molecule has 6 heteroatoms. The van der Waals surface area contributed by atoms with E-state index in [1.54, 1.807) is 24.3 Å². The number of aryl methyl sites for hydroxylation is 1. The number of carbonyl (C=O) groups is 2. The molecule has 0 saturated carbocycles. The number of halogens is 1. The number of carbonyl (C=O) groups excluding carboxylic acids is 2. The van der Waals surface area contributed by atoms with Crippen LogP contribution in [-0.4, -0.2) is 18.4 Å². The molecular weight excluding hydrogens is 326 g/mol. The summed E-state index contributed by atoms with van der Waals surface area (Å²) in [5.41, 5.74) is 8.24. The lowest BCUT2D eigenvalue weighted by Crippen LogP contribution is -2.21. The minimum atomic E-state index is -0.325. The summed E-state index contributed by atoms with van der Waals surface area (Å²) in [4.78, 5) is 23.3. The van der Waals surface area contributed by atoms with E-state index in [9.17, 15) is 9.59 Å². The molecule has 0 spiro atoms. The van der Waals surface area contributed by atoms with Crippen LogP contribution in [0, 0.1) is 6.92 Å². The van der Waals surface area contributed by atoms with Crippen molar-refractivity contribution in [2.75, 3.05) is 17.2 Å². The van der Waals surface area contributed by atoms with E-state index in [1.165, 1.54) is 6.08 Å². The fourth-order valence-corrected chi connectivity index (χ4v) is 2.10. The molecule has 2 amide bonds. The van der Waals surface area contributed by atoms with Crippen LogP contribution in [0.25, 0.3) is 6.08 Å². The van der Waals surface area contributed by atoms with Gasteiger partial charge in [-0.2, -0.15) is 0 Å². The Labute approximate surface area is 145 Å². The third-order valence-corrected chi connectivity index (χ3v) is 3.53. The number of anilines is 2. The predicted molar refractivity (Wildman–Crippen MR) is 98.0 cm³/mol. The topological polar surface area (TPSA) is 84.2 Å². The van der Waals surface area contributed by atoms with Gasteiger partial charge in [0.05, 0.1) is 17.3 Å². The van der Waals surface area contributed by atoms with E-state index in [-0.39, 0.29) is 18.4 Å². The Morgan fingerprint density at radius 1 is 1.12 bits per heavy atom. The SMILES string of the molecule is Cc1ccc(/C=C/C(=O)Nc2cc(NC(=O)CN)ccc2Cl)cc1. The summed E-state index contributed by atoms with van der Waals surface area (Å²) in [6.45, 7) is 1.88. The first-order chi connectivity index (χ1) is 11.5. The molecule has 124 valence electrons. The highest BCUT2D eigenvalue weighted by molar-refractivity contribution is 6.34. The third kappa shape index (κ3) is 5.22. The van der Waals surface area contributed by atoms with Gasteiger partial charge in [-0.25, -0.2) is 0 Å². The summed E-state index contributed by atoms with van der Waals surface area (Å²) in [6, 6.07) is 12.6. The normalized spacial score (nSPS) is 10.6. The quantitative estimate of drug-likeness (QED) is 0.729. The summed E-state index contributed by atoms with van der Waals surface area (Å²) < 4.78 is 0. The highest BCUT2D eigenvalue weighted by atomic mass is 35.5. The molecule has 4 N–H and O–H groups in total. The summed E-state index contributed by atoms with van der Waals surface area (Å²) in [7, 11) is 0. The average Bonchev–Trinajstić information content (AvgIpc) is 2.57. The monoisotopic (exact) mass is 343 g/mol. The summed E-state index contributed by atoms with van der Waals surface area (Å²) in [5, 5.41) is 5.66. The van der Waals surface area contributed by atoms with Crippen molar-refractivity contribution in [3.63, 3.8) is 0 Å². The van der Waals surface area contributed by atoms with E-state index >= 15 is 0 Å². The van der Waals surface area contributed by atoms with E-state index in [2.05, 4.69) is 10.6 Å². The van der Waals surface area contributed by atoms with Crippen molar-refractivity contribution < 1.29 is 9.59 Å². The molecule has 2 aromatic rings. The molecule has 0 aliphatic carbocycles. The maximum Gasteiger partial charge on any atom is 0.248 e. The Hall–Kier alpha value is -2.63. The lowest BCUT2D eigenvalue weighted by atomic mass is 10.1. The molecule has 0 aliphatic rings. The fourth-order valence-electron chi connectivity index (χ4n) is 1.93. The van der Waals surface area contributed by atoms with Crippen molar-refractivity contribution >= 4 is 40.9 Å². The third-order valence-electron chi connectivity index (χ3n) is 3.20. The average molecular weight is 344 g/mol. The second-order valence-corrected chi connectivity index (χ2v) is 5.59. The van der Waals surface area contributed by atoms with Crippen molar-refractivity contribution in [3.8, 4) is 0 Å². The van der Waals surface area contributed by atoms with Gasteiger partial charge in [-0.3, -0.25) is 9.59 Å². The molecular formula is C18H18ClN3O2. The maximum absolute atomic E-state index is 12.0. The standard InChI is InChI=1S/C18H18ClN3O2/c1-12-2-4-13(5-3-12)6-9-17(23)22-16-10-14(7-8-15(16)19)21-18(24)11-20/h2-10H,11,20H2,1H3,(H,21,24)(H,22,23)/b9-6+. The minimum Gasteiger partial charge on any atom is -0.325 e. The molecule has 0 aromatic heterocycles. The van der Waals surface area contributed by atoms with Gasteiger partial charge in [-0.1, -0.05) is 41.4 Å². The lowest BCUT2D eigenvalue weighted by molar-refractivity contribution is -0.115. The zero-order chi connectivity index (χ0) is 17.5. The number of nitrogens with one attached hydrogen (secondary N) is 2. The molecule has 0 heterocycles. The smallest absolute Gasteiger partial charge is 0.248 e. The molecule has 0 unspecified atom stereocenters. The first-order valence-electron chi connectivity index (χ1n) is 7.33. The van der Waals surface area contributed by atoms with Crippen molar-refractivity contribution in [3.05, 3.63) is 64.7 Å². The molecule has 24 heavy (non-hydrogen) atoms. The van der Waals surface area contributed by atoms with Crippen molar-refractivity contribution in [1.82, 2.24) is 0 Å². The predicted octanol–water partition coefficient (Wildman–Crippen LogP) is 3.20. The van der Waals surface area contributed by atoms with E-state index in [0.717, 1.165) is 11.1 Å². The van der Waals surface area contributed by atoms with Crippen LogP contribution >= 0.6 is 11.6 Å². The second-order valence-electron chi connectivity index (χ2n) is 5.18. The summed E-state index contributed by atoms with van der Waals surface area (Å²) >= 11 is 6.07. The number of hydrogen-bond donors (Lipinski definition) is 3. The Bertz CT molecular complexity index is 770. The maximum atomic E-state index is 12.0. The Balaban J connectivity index is 2.06. The Morgan fingerprint density at radius 2 is 1.83 bits per heavy atom. The van der Waals surface area contributed by atoms with Crippen LogP contribution < -0.4 is 16.4 Å². The van der Waals surface area contributed by atoms with Crippen LogP contribution in [0.2, 0.25) is 5.02 Å². The van der Waals surface area contributed by atoms with Crippen LogP contribution in [0.4, 0.5) is 11.4 Å². The van der Waals surface area contributed by atoms with Gasteiger partial charge >= 0.3 is 0 Å². The van der Waals surface area contributed by atoms with Gasteiger partial charge in [0.2, 0.25) is 11.8 Å². The van der Waals surface area contributed by atoms with Crippen LogP contribution in [0.5, 0.6) is 0 Å². The number of benzene rings is 2. The molecule has 2 aromatic carbocycles. The summed E-state index contributed by atoms with van der Waals surface area (Å²) in [6.07, 6.45) is 3.13. The van der Waals surface area contributed by atoms with Crippen molar-refractivity contribution in [2.24, 2.45) is 5.73 Å². The molecule has 0 fully saturated rings. The van der Waals surface area contributed by atoms with Gasteiger partial charge in [0.15, 0.2) is 0 Å². The molecule has 0 radical (unpaired) electrons. The Kier molecular flexibility index (Phi) is 6.12. The van der Waals surface area contributed by atoms with Crippen LogP contribution in [0.3, 0.4) is 0 Å². The van der Waals surface area contributed by atoms with Crippen LogP contribution in [-0.2, 0) is 9.59 Å². The van der Waals surface area contributed by atoms with E-state index < -0.39 is 0 Å². The molecule has 5 nitrogen and oxygen atoms in total. The molecule has 2 rings (SSSR count). The van der Waals surface area contributed by atoms with E-state index in [0.29, 0.717) is 16.4 Å². The largest absolute Gasteiger partial charge is 0.325 e. The van der Waals surface area contributed by atoms with Crippen LogP contribution in [0.15, 0.2) is 48.5 Å². The fraction of sp³-hybridized carbons (Fsp3) is 0.111. The van der Waals surface area contributed by atoms with Gasteiger partial charge in [0, 0.05) is 11.8 Å². The zero-order valence-electron chi connectivity index (χ0n) is 13.2. The highest BCUT2D eigenvalue weighted by Crippen LogP contribution is 2.25. The first kappa shape index (κ1) is 17.7. The highest BCUT2D eigenvalue weighted by Gasteiger charge is 2.06. The number of nitrogens with two attached hydrogens (primary N) is 1. The number of amides is 2. The van der Waals surface area contributed by atoms with Crippen LogP contribution in [0.1, 0.15) is 11.1 Å². The zero-order valence-corrected chi connectivity index (χ0v) is 13.9. The molecule has 0 saturated heterocycles. The van der Waals surface area contributed by atoms with E-state index in [1.807, 2.05) is 31.2 Å². The molecule has 0 atom stereocenters. The molecule has 0 aliphatic heterocycles. The first-order valence-corrected chi connectivity index (χ1v) is 7.71. The number of rotatable bonds is 5. The van der Waals surface area contributed by atoms with Gasteiger partial charge < -0.3 is 16.4 Å². The Morgan fingerprint density at radius 3 is 2.50 bits per heavy atom. The van der Waals surface area contributed by atoms with Crippen molar-refractivity contribution in [2.45, 2.75) is 6.92 Å². The second kappa shape index (κ2) is 8.29. The van der Waals surface area contributed by atoms with Gasteiger partial charge in [-0.05, 0) is 36.8 Å². The minimum absolute atomic E-state index is 0.121.